The summed E-state index contributed by atoms with van der Waals surface area (Å²) < 4.78 is 0. The van der Waals surface area contributed by atoms with E-state index in [1.807, 2.05) is 12.3 Å². The first kappa shape index (κ1) is 15.5. The van der Waals surface area contributed by atoms with Crippen LogP contribution in [0.25, 0.3) is 0 Å². The van der Waals surface area contributed by atoms with E-state index in [0.29, 0.717) is 12.1 Å². The van der Waals surface area contributed by atoms with Gasteiger partial charge in [-0.2, -0.15) is 0 Å². The van der Waals surface area contributed by atoms with Crippen LogP contribution in [0.15, 0.2) is 12.3 Å². The number of hydrogen-bond donors (Lipinski definition) is 1. The summed E-state index contributed by atoms with van der Waals surface area (Å²) in [5, 5.41) is 4.05. The average molecular weight is 297 g/mol. The lowest BCUT2D eigenvalue weighted by molar-refractivity contribution is 0.169. The number of halogens is 1. The maximum atomic E-state index is 6.43. The van der Waals surface area contributed by atoms with Crippen molar-refractivity contribution >= 4 is 17.4 Å². The Balaban J connectivity index is 2.12. The van der Waals surface area contributed by atoms with Gasteiger partial charge in [0.05, 0.1) is 5.02 Å². The lowest BCUT2D eigenvalue weighted by Crippen LogP contribution is -2.55. The molecule has 1 saturated heterocycles. The normalized spacial score (nSPS) is 24.1. The van der Waals surface area contributed by atoms with Gasteiger partial charge in [0, 0.05) is 37.9 Å². The number of anilines is 1. The molecular formula is C15H25ClN4. The van der Waals surface area contributed by atoms with Gasteiger partial charge in [0.1, 0.15) is 5.82 Å². The molecule has 1 fully saturated rings. The van der Waals surface area contributed by atoms with Gasteiger partial charge in [-0.15, -0.1) is 0 Å². The van der Waals surface area contributed by atoms with Gasteiger partial charge < -0.3 is 10.2 Å². The number of pyridine rings is 1. The third-order valence-corrected chi connectivity index (χ3v) is 4.39. The fraction of sp³-hybridized carbons (Fsp3) is 0.667. The van der Waals surface area contributed by atoms with E-state index in [1.165, 1.54) is 0 Å². The van der Waals surface area contributed by atoms with Crippen molar-refractivity contribution in [2.45, 2.75) is 39.4 Å². The van der Waals surface area contributed by atoms with E-state index < -0.39 is 0 Å². The maximum absolute atomic E-state index is 6.43. The molecule has 0 aliphatic carbocycles. The standard InChI is InChI=1S/C15H25ClN4/c1-5-17-7-13-6-14(16)15(18-8-13)20-9-11(2)19(4)12(3)10-20/h6,8,11-12,17H,5,7,9-10H2,1-4H3. The van der Waals surface area contributed by atoms with Crippen LogP contribution in [0.3, 0.4) is 0 Å². The third kappa shape index (κ3) is 3.43. The van der Waals surface area contributed by atoms with Crippen LogP contribution < -0.4 is 10.2 Å². The van der Waals surface area contributed by atoms with Crippen molar-refractivity contribution < 1.29 is 0 Å². The Bertz CT molecular complexity index is 439. The fourth-order valence-electron chi connectivity index (χ4n) is 2.65. The van der Waals surface area contributed by atoms with Crippen LogP contribution in [0.5, 0.6) is 0 Å². The molecule has 5 heteroatoms. The van der Waals surface area contributed by atoms with E-state index in [2.05, 4.69) is 47.9 Å². The summed E-state index contributed by atoms with van der Waals surface area (Å²) >= 11 is 6.43. The molecule has 1 N–H and O–H groups in total. The highest BCUT2D eigenvalue weighted by Gasteiger charge is 2.28. The first-order valence-electron chi connectivity index (χ1n) is 7.35. The van der Waals surface area contributed by atoms with E-state index >= 15 is 0 Å². The molecule has 2 heterocycles. The van der Waals surface area contributed by atoms with Gasteiger partial charge in [0.15, 0.2) is 0 Å². The van der Waals surface area contributed by atoms with Crippen molar-refractivity contribution in [2.24, 2.45) is 0 Å². The predicted molar refractivity (Wildman–Crippen MR) is 85.5 cm³/mol. The Labute approximate surface area is 127 Å². The van der Waals surface area contributed by atoms with Gasteiger partial charge >= 0.3 is 0 Å². The van der Waals surface area contributed by atoms with Crippen LogP contribution >= 0.6 is 11.6 Å². The van der Waals surface area contributed by atoms with Gasteiger partial charge in [-0.3, -0.25) is 4.90 Å². The van der Waals surface area contributed by atoms with Crippen LogP contribution in [0, 0.1) is 0 Å². The monoisotopic (exact) mass is 296 g/mol. The summed E-state index contributed by atoms with van der Waals surface area (Å²) in [6, 6.07) is 3.05. The minimum Gasteiger partial charge on any atom is -0.352 e. The second-order valence-electron chi connectivity index (χ2n) is 5.70. The molecule has 1 aromatic rings. The molecule has 1 aromatic heterocycles. The molecule has 0 spiro atoms. The van der Waals surface area contributed by atoms with Gasteiger partial charge in [0.2, 0.25) is 0 Å². The highest BCUT2D eigenvalue weighted by molar-refractivity contribution is 6.33. The van der Waals surface area contributed by atoms with Crippen LogP contribution in [-0.4, -0.2) is 48.6 Å². The lowest BCUT2D eigenvalue weighted by atomic mass is 10.1. The molecule has 0 bridgehead atoms. The quantitative estimate of drug-likeness (QED) is 0.924. The minimum atomic E-state index is 0.512. The van der Waals surface area contributed by atoms with Gasteiger partial charge in [-0.25, -0.2) is 4.98 Å². The van der Waals surface area contributed by atoms with Gasteiger partial charge in [-0.1, -0.05) is 18.5 Å². The second-order valence-corrected chi connectivity index (χ2v) is 6.11. The summed E-state index contributed by atoms with van der Waals surface area (Å²) in [6.07, 6.45) is 1.93. The number of piperazine rings is 1. The SMILES string of the molecule is CCNCc1cnc(N2CC(C)N(C)C(C)C2)c(Cl)c1. The number of likely N-dealkylation sites (N-methyl/N-ethyl adjacent to an activating group) is 1. The Kier molecular flexibility index (Phi) is 5.24. The highest BCUT2D eigenvalue weighted by Crippen LogP contribution is 2.27. The molecule has 2 atom stereocenters. The van der Waals surface area contributed by atoms with Gasteiger partial charge in [-0.05, 0) is 39.1 Å². The number of nitrogens with one attached hydrogen (secondary N) is 1. The highest BCUT2D eigenvalue weighted by atomic mass is 35.5. The Morgan fingerprint density at radius 2 is 2.00 bits per heavy atom. The number of hydrogen-bond acceptors (Lipinski definition) is 4. The van der Waals surface area contributed by atoms with E-state index in [1.54, 1.807) is 0 Å². The molecule has 2 rings (SSSR count). The number of aromatic nitrogens is 1. The summed E-state index contributed by atoms with van der Waals surface area (Å²) in [6.45, 7) is 10.3. The Morgan fingerprint density at radius 3 is 2.55 bits per heavy atom. The number of rotatable bonds is 4. The Morgan fingerprint density at radius 1 is 1.35 bits per heavy atom. The summed E-state index contributed by atoms with van der Waals surface area (Å²) in [7, 11) is 2.18. The number of nitrogens with zero attached hydrogens (tertiary/aromatic N) is 3. The van der Waals surface area contributed by atoms with Crippen molar-refractivity contribution in [1.82, 2.24) is 15.2 Å². The second kappa shape index (κ2) is 6.74. The predicted octanol–water partition coefficient (Wildman–Crippen LogP) is 2.37. The molecule has 1 aliphatic heterocycles. The third-order valence-electron chi connectivity index (χ3n) is 4.12. The summed E-state index contributed by atoms with van der Waals surface area (Å²) in [4.78, 5) is 9.29. The smallest absolute Gasteiger partial charge is 0.147 e. The zero-order valence-electron chi connectivity index (χ0n) is 12.9. The van der Waals surface area contributed by atoms with Crippen LogP contribution in [0.4, 0.5) is 5.82 Å². The van der Waals surface area contributed by atoms with Crippen LogP contribution in [-0.2, 0) is 6.54 Å². The molecule has 0 radical (unpaired) electrons. The van der Waals surface area contributed by atoms with Crippen molar-refractivity contribution in [1.29, 1.82) is 0 Å². The minimum absolute atomic E-state index is 0.512. The largest absolute Gasteiger partial charge is 0.352 e. The van der Waals surface area contributed by atoms with Crippen LogP contribution in [0.1, 0.15) is 26.3 Å². The van der Waals surface area contributed by atoms with E-state index in [-0.39, 0.29) is 0 Å². The van der Waals surface area contributed by atoms with E-state index in [9.17, 15) is 0 Å². The molecule has 112 valence electrons. The topological polar surface area (TPSA) is 31.4 Å². The zero-order valence-corrected chi connectivity index (χ0v) is 13.6. The lowest BCUT2D eigenvalue weighted by Gasteiger charge is -2.43. The zero-order chi connectivity index (χ0) is 14.7. The van der Waals surface area contributed by atoms with Crippen molar-refractivity contribution in [3.8, 4) is 0 Å². The molecule has 0 amide bonds. The molecule has 1 aliphatic rings. The maximum Gasteiger partial charge on any atom is 0.147 e. The molecule has 2 unspecified atom stereocenters. The average Bonchev–Trinajstić information content (AvgIpc) is 2.42. The summed E-state index contributed by atoms with van der Waals surface area (Å²) in [5.74, 6) is 0.915. The first-order valence-corrected chi connectivity index (χ1v) is 7.72. The summed E-state index contributed by atoms with van der Waals surface area (Å²) in [5.41, 5.74) is 1.14. The van der Waals surface area contributed by atoms with E-state index in [0.717, 1.165) is 42.6 Å². The van der Waals surface area contributed by atoms with E-state index in [4.69, 9.17) is 11.6 Å². The fourth-order valence-corrected chi connectivity index (χ4v) is 2.95. The Hall–Kier alpha value is -0.840. The molecule has 0 aromatic carbocycles. The van der Waals surface area contributed by atoms with Crippen LogP contribution in [0.2, 0.25) is 5.02 Å². The molecule has 4 nitrogen and oxygen atoms in total. The van der Waals surface area contributed by atoms with Crippen molar-refractivity contribution in [3.05, 3.63) is 22.8 Å². The first-order chi connectivity index (χ1) is 9.52. The van der Waals surface area contributed by atoms with Crippen molar-refractivity contribution in [2.75, 3.05) is 31.6 Å². The molecule has 20 heavy (non-hydrogen) atoms. The van der Waals surface area contributed by atoms with Crippen molar-refractivity contribution in [3.63, 3.8) is 0 Å². The molecule has 0 saturated carbocycles. The molecular weight excluding hydrogens is 272 g/mol. The van der Waals surface area contributed by atoms with Gasteiger partial charge in [0.25, 0.3) is 0 Å².